The molecule has 6 nitrogen and oxygen atoms in total. The van der Waals surface area contributed by atoms with Crippen LogP contribution < -0.4 is 10.1 Å². The van der Waals surface area contributed by atoms with Crippen LogP contribution in [-0.2, 0) is 20.9 Å². The fourth-order valence-corrected chi connectivity index (χ4v) is 3.86. The normalized spacial score (nSPS) is 11.9. The zero-order valence-corrected chi connectivity index (χ0v) is 17.9. The van der Waals surface area contributed by atoms with Gasteiger partial charge in [-0.25, -0.2) is 4.79 Å². The molecule has 32 heavy (non-hydrogen) atoms. The fraction of sp³-hybridized carbons (Fsp3) is 0.231. The third-order valence-corrected chi connectivity index (χ3v) is 5.35. The van der Waals surface area contributed by atoms with Crippen LogP contribution in [0.5, 0.6) is 5.75 Å². The van der Waals surface area contributed by atoms with Gasteiger partial charge in [0.2, 0.25) is 0 Å². The second-order valence-corrected chi connectivity index (χ2v) is 7.42. The van der Waals surface area contributed by atoms with Gasteiger partial charge in [0.1, 0.15) is 25.5 Å². The van der Waals surface area contributed by atoms with E-state index in [4.69, 9.17) is 14.2 Å². The topological polar surface area (TPSA) is 73.9 Å². The Kier molecular flexibility index (Phi) is 6.70. The average molecular weight is 431 g/mol. The van der Waals surface area contributed by atoms with Gasteiger partial charge in [0.15, 0.2) is 0 Å². The number of hydrogen-bond acceptors (Lipinski definition) is 5. The summed E-state index contributed by atoms with van der Waals surface area (Å²) in [5.74, 6) is 0.201. The third-order valence-electron chi connectivity index (χ3n) is 5.35. The molecule has 0 saturated heterocycles. The zero-order chi connectivity index (χ0) is 22.3. The molecular formula is C26H25NO5. The fourth-order valence-electron chi connectivity index (χ4n) is 3.86. The highest BCUT2D eigenvalue weighted by Gasteiger charge is 2.29. The summed E-state index contributed by atoms with van der Waals surface area (Å²) in [6.07, 6.45) is -0.648. The van der Waals surface area contributed by atoms with E-state index in [-0.39, 0.29) is 25.7 Å². The van der Waals surface area contributed by atoms with Gasteiger partial charge in [0.25, 0.3) is 0 Å². The molecule has 0 saturated carbocycles. The van der Waals surface area contributed by atoms with Gasteiger partial charge in [0.05, 0.1) is 6.61 Å². The Morgan fingerprint density at radius 1 is 0.844 bits per heavy atom. The maximum absolute atomic E-state index is 12.1. The van der Waals surface area contributed by atoms with Crippen LogP contribution in [0.15, 0.2) is 72.8 Å². The summed E-state index contributed by atoms with van der Waals surface area (Å²) >= 11 is 0. The molecule has 3 aromatic rings. The second-order valence-electron chi connectivity index (χ2n) is 7.42. The molecule has 0 aliphatic heterocycles. The quantitative estimate of drug-likeness (QED) is 0.525. The lowest BCUT2D eigenvalue weighted by Crippen LogP contribution is -2.32. The number of fused-ring (bicyclic) bond motifs is 3. The first kappa shape index (κ1) is 21.4. The van der Waals surface area contributed by atoms with Gasteiger partial charge in [-0.2, -0.15) is 0 Å². The third kappa shape index (κ3) is 4.91. The molecule has 0 bridgehead atoms. The van der Waals surface area contributed by atoms with Crippen LogP contribution in [-0.4, -0.2) is 31.8 Å². The Balaban J connectivity index is 1.24. The molecule has 0 heterocycles. The van der Waals surface area contributed by atoms with Crippen LogP contribution >= 0.6 is 0 Å². The Morgan fingerprint density at radius 2 is 1.47 bits per heavy atom. The molecule has 0 radical (unpaired) electrons. The van der Waals surface area contributed by atoms with Crippen molar-refractivity contribution in [2.45, 2.75) is 19.4 Å². The number of esters is 1. The first-order valence-corrected chi connectivity index (χ1v) is 10.6. The van der Waals surface area contributed by atoms with Gasteiger partial charge in [-0.15, -0.1) is 0 Å². The first-order valence-electron chi connectivity index (χ1n) is 10.6. The Bertz CT molecular complexity index is 1050. The molecule has 1 aliphatic carbocycles. The highest BCUT2D eigenvalue weighted by Crippen LogP contribution is 2.44. The summed E-state index contributed by atoms with van der Waals surface area (Å²) in [6, 6.07) is 23.5. The lowest BCUT2D eigenvalue weighted by molar-refractivity contribution is -0.143. The van der Waals surface area contributed by atoms with Crippen LogP contribution in [0.25, 0.3) is 11.1 Å². The highest BCUT2D eigenvalue weighted by atomic mass is 16.6. The number of ether oxygens (including phenoxy) is 3. The van der Waals surface area contributed by atoms with Gasteiger partial charge >= 0.3 is 12.1 Å². The van der Waals surface area contributed by atoms with Crippen molar-refractivity contribution in [1.29, 1.82) is 0 Å². The van der Waals surface area contributed by atoms with Crippen LogP contribution in [0, 0.1) is 0 Å². The van der Waals surface area contributed by atoms with E-state index in [1.165, 1.54) is 0 Å². The van der Waals surface area contributed by atoms with E-state index in [2.05, 4.69) is 29.6 Å². The molecular weight excluding hydrogens is 406 g/mol. The first-order chi connectivity index (χ1) is 15.7. The molecule has 6 heteroatoms. The summed E-state index contributed by atoms with van der Waals surface area (Å²) < 4.78 is 16.0. The molecule has 1 N–H and O–H groups in total. The lowest BCUT2D eigenvalue weighted by atomic mass is 9.98. The molecule has 4 rings (SSSR count). The Labute approximate surface area is 187 Å². The minimum atomic E-state index is -0.648. The van der Waals surface area contributed by atoms with Crippen molar-refractivity contribution >= 4 is 12.1 Å². The predicted molar refractivity (Wildman–Crippen MR) is 120 cm³/mol. The van der Waals surface area contributed by atoms with Crippen molar-refractivity contribution in [2.75, 3.05) is 19.8 Å². The summed E-state index contributed by atoms with van der Waals surface area (Å²) in [5, 5.41) is 2.46. The Hall–Kier alpha value is -3.80. The number of nitrogens with one attached hydrogen (secondary N) is 1. The number of hydrogen-bond donors (Lipinski definition) is 1. The van der Waals surface area contributed by atoms with E-state index < -0.39 is 12.1 Å². The van der Waals surface area contributed by atoms with Crippen molar-refractivity contribution in [3.63, 3.8) is 0 Å². The van der Waals surface area contributed by atoms with Crippen molar-refractivity contribution in [3.8, 4) is 16.9 Å². The minimum absolute atomic E-state index is 0.0280. The summed E-state index contributed by atoms with van der Waals surface area (Å²) in [6.45, 7) is 2.57. The SMILES string of the molecule is CCOc1ccc(COC(=O)CNC(=O)OCC2c3ccccc3-c3ccccc32)cc1. The molecule has 3 aromatic carbocycles. The summed E-state index contributed by atoms with van der Waals surface area (Å²) in [4.78, 5) is 24.1. The Morgan fingerprint density at radius 3 is 2.09 bits per heavy atom. The number of amides is 1. The number of benzene rings is 3. The van der Waals surface area contributed by atoms with E-state index in [1.807, 2.05) is 55.5 Å². The van der Waals surface area contributed by atoms with Gasteiger partial charge in [0, 0.05) is 5.92 Å². The largest absolute Gasteiger partial charge is 0.494 e. The minimum Gasteiger partial charge on any atom is -0.494 e. The standard InChI is InChI=1S/C26H25NO5/c1-2-30-19-13-11-18(12-14-19)16-31-25(28)15-27-26(29)32-17-24-22-9-5-3-7-20(22)21-8-4-6-10-23(21)24/h3-14,24H,2,15-17H2,1H3,(H,27,29). The van der Waals surface area contributed by atoms with Crippen molar-refractivity contribution in [1.82, 2.24) is 5.32 Å². The monoisotopic (exact) mass is 431 g/mol. The summed E-state index contributed by atoms with van der Waals surface area (Å²) in [5.41, 5.74) is 5.43. The molecule has 0 unspecified atom stereocenters. The molecule has 0 aromatic heterocycles. The van der Waals surface area contributed by atoms with Crippen molar-refractivity contribution in [3.05, 3.63) is 89.5 Å². The molecule has 0 spiro atoms. The van der Waals surface area contributed by atoms with Gasteiger partial charge < -0.3 is 19.5 Å². The smallest absolute Gasteiger partial charge is 0.407 e. The summed E-state index contributed by atoms with van der Waals surface area (Å²) in [7, 11) is 0. The number of carbonyl (C=O) groups excluding carboxylic acids is 2. The maximum atomic E-state index is 12.1. The van der Waals surface area contributed by atoms with Crippen LogP contribution in [0.2, 0.25) is 0 Å². The van der Waals surface area contributed by atoms with Crippen molar-refractivity contribution in [2.24, 2.45) is 0 Å². The zero-order valence-electron chi connectivity index (χ0n) is 17.9. The van der Waals surface area contributed by atoms with Crippen LogP contribution in [0.3, 0.4) is 0 Å². The van der Waals surface area contributed by atoms with Crippen molar-refractivity contribution < 1.29 is 23.8 Å². The van der Waals surface area contributed by atoms with Crippen LogP contribution in [0.1, 0.15) is 29.5 Å². The van der Waals surface area contributed by atoms with Gasteiger partial charge in [-0.3, -0.25) is 4.79 Å². The second kappa shape index (κ2) is 10.0. The van der Waals surface area contributed by atoms with Gasteiger partial charge in [-0.05, 0) is 46.9 Å². The predicted octanol–water partition coefficient (Wildman–Crippen LogP) is 4.67. The van der Waals surface area contributed by atoms with E-state index in [0.29, 0.717) is 6.61 Å². The van der Waals surface area contributed by atoms with E-state index >= 15 is 0 Å². The van der Waals surface area contributed by atoms with E-state index in [9.17, 15) is 9.59 Å². The highest BCUT2D eigenvalue weighted by molar-refractivity contribution is 5.80. The van der Waals surface area contributed by atoms with E-state index in [1.54, 1.807) is 0 Å². The number of rotatable bonds is 8. The van der Waals surface area contributed by atoms with Gasteiger partial charge in [-0.1, -0.05) is 60.7 Å². The van der Waals surface area contributed by atoms with E-state index in [0.717, 1.165) is 33.6 Å². The average Bonchev–Trinajstić information content (AvgIpc) is 3.15. The maximum Gasteiger partial charge on any atom is 0.407 e. The lowest BCUT2D eigenvalue weighted by Gasteiger charge is -2.14. The molecule has 164 valence electrons. The number of carbonyl (C=O) groups is 2. The molecule has 0 fully saturated rings. The molecule has 0 atom stereocenters. The van der Waals surface area contributed by atoms with Crippen LogP contribution in [0.4, 0.5) is 4.79 Å². The number of alkyl carbamates (subject to hydrolysis) is 1. The molecule has 1 aliphatic rings. The molecule has 1 amide bonds.